The summed E-state index contributed by atoms with van der Waals surface area (Å²) in [6.45, 7) is 1.90. The molecular formula is C18H17BrFNO3. The molecule has 0 radical (unpaired) electrons. The lowest BCUT2D eigenvalue weighted by atomic mass is 10.1. The van der Waals surface area contributed by atoms with Crippen molar-refractivity contribution in [3.05, 3.63) is 69.9 Å². The van der Waals surface area contributed by atoms with E-state index in [4.69, 9.17) is 4.74 Å². The Labute approximate surface area is 148 Å². The van der Waals surface area contributed by atoms with Gasteiger partial charge in [0.1, 0.15) is 5.82 Å². The zero-order valence-corrected chi connectivity index (χ0v) is 14.7. The molecule has 24 heavy (non-hydrogen) atoms. The molecule has 4 nitrogen and oxygen atoms in total. The van der Waals surface area contributed by atoms with E-state index in [1.807, 2.05) is 0 Å². The van der Waals surface area contributed by atoms with Crippen LogP contribution in [0.4, 0.5) is 4.39 Å². The van der Waals surface area contributed by atoms with Crippen molar-refractivity contribution in [2.24, 2.45) is 0 Å². The van der Waals surface area contributed by atoms with Gasteiger partial charge in [0.25, 0.3) is 5.91 Å². The fraction of sp³-hybridized carbons (Fsp3) is 0.222. The Kier molecular flexibility index (Phi) is 6.49. The van der Waals surface area contributed by atoms with E-state index < -0.39 is 12.1 Å². The second-order valence-corrected chi connectivity index (χ2v) is 6.14. The zero-order valence-electron chi connectivity index (χ0n) is 13.1. The second-order valence-electron chi connectivity index (χ2n) is 5.22. The van der Waals surface area contributed by atoms with Gasteiger partial charge in [0.2, 0.25) is 0 Å². The van der Waals surface area contributed by atoms with Gasteiger partial charge in [-0.3, -0.25) is 4.79 Å². The van der Waals surface area contributed by atoms with E-state index in [0.29, 0.717) is 18.5 Å². The summed E-state index contributed by atoms with van der Waals surface area (Å²) in [4.78, 5) is 23.9. The molecule has 0 aliphatic carbocycles. The molecule has 126 valence electrons. The molecule has 0 saturated carbocycles. The van der Waals surface area contributed by atoms with E-state index in [1.165, 1.54) is 19.1 Å². The minimum Gasteiger partial charge on any atom is -0.449 e. The number of halogens is 2. The lowest BCUT2D eigenvalue weighted by Crippen LogP contribution is -2.36. The summed E-state index contributed by atoms with van der Waals surface area (Å²) in [5.41, 5.74) is 1.29. The average Bonchev–Trinajstić information content (AvgIpc) is 2.57. The minimum atomic E-state index is -0.894. The van der Waals surface area contributed by atoms with Crippen LogP contribution in [0.2, 0.25) is 0 Å². The molecular weight excluding hydrogens is 377 g/mol. The van der Waals surface area contributed by atoms with Gasteiger partial charge in [0.15, 0.2) is 6.10 Å². The van der Waals surface area contributed by atoms with Crippen LogP contribution in [0.25, 0.3) is 0 Å². The highest BCUT2D eigenvalue weighted by atomic mass is 79.9. The van der Waals surface area contributed by atoms with Gasteiger partial charge in [0, 0.05) is 11.0 Å². The number of ether oxygens (including phenoxy) is 1. The van der Waals surface area contributed by atoms with Gasteiger partial charge in [-0.15, -0.1) is 0 Å². The highest BCUT2D eigenvalue weighted by Gasteiger charge is 2.18. The van der Waals surface area contributed by atoms with Crippen molar-refractivity contribution in [2.75, 3.05) is 6.54 Å². The Bertz CT molecular complexity index is 701. The topological polar surface area (TPSA) is 55.4 Å². The normalized spacial score (nSPS) is 11.6. The van der Waals surface area contributed by atoms with Crippen LogP contribution < -0.4 is 5.32 Å². The number of hydrogen-bond acceptors (Lipinski definition) is 3. The number of hydrogen-bond donors (Lipinski definition) is 1. The van der Waals surface area contributed by atoms with Crippen LogP contribution in [0, 0.1) is 5.82 Å². The van der Waals surface area contributed by atoms with Crippen LogP contribution in [0.15, 0.2) is 53.0 Å². The smallest absolute Gasteiger partial charge is 0.338 e. The summed E-state index contributed by atoms with van der Waals surface area (Å²) >= 11 is 3.28. The van der Waals surface area contributed by atoms with E-state index in [9.17, 15) is 14.0 Å². The molecule has 0 fully saturated rings. The summed E-state index contributed by atoms with van der Waals surface area (Å²) in [6, 6.07) is 12.8. The van der Waals surface area contributed by atoms with E-state index in [-0.39, 0.29) is 11.7 Å². The largest absolute Gasteiger partial charge is 0.449 e. The summed E-state index contributed by atoms with van der Waals surface area (Å²) in [7, 11) is 0. The lowest BCUT2D eigenvalue weighted by Gasteiger charge is -2.13. The van der Waals surface area contributed by atoms with Crippen molar-refractivity contribution in [2.45, 2.75) is 19.4 Å². The quantitative estimate of drug-likeness (QED) is 0.764. The molecule has 6 heteroatoms. The fourth-order valence-electron chi connectivity index (χ4n) is 1.99. The van der Waals surface area contributed by atoms with Crippen molar-refractivity contribution >= 4 is 27.8 Å². The van der Waals surface area contributed by atoms with Crippen LogP contribution >= 0.6 is 15.9 Å². The molecule has 0 bridgehead atoms. The molecule has 0 unspecified atom stereocenters. The Morgan fingerprint density at radius 2 is 1.75 bits per heavy atom. The third-order valence-corrected chi connectivity index (χ3v) is 3.89. The first-order valence-corrected chi connectivity index (χ1v) is 8.23. The van der Waals surface area contributed by atoms with Crippen molar-refractivity contribution in [1.82, 2.24) is 5.32 Å². The predicted molar refractivity (Wildman–Crippen MR) is 92.1 cm³/mol. The fourth-order valence-corrected chi connectivity index (χ4v) is 2.26. The Hall–Kier alpha value is -2.21. The molecule has 0 aliphatic rings. The van der Waals surface area contributed by atoms with Crippen molar-refractivity contribution in [1.29, 1.82) is 0 Å². The lowest BCUT2D eigenvalue weighted by molar-refractivity contribution is -0.129. The van der Waals surface area contributed by atoms with Crippen LogP contribution in [-0.2, 0) is 16.0 Å². The first kappa shape index (κ1) is 18.1. The van der Waals surface area contributed by atoms with E-state index >= 15 is 0 Å². The molecule has 0 aromatic heterocycles. The zero-order chi connectivity index (χ0) is 17.5. The molecule has 0 aliphatic heterocycles. The molecule has 1 N–H and O–H groups in total. The van der Waals surface area contributed by atoms with Crippen LogP contribution in [0.1, 0.15) is 22.8 Å². The summed E-state index contributed by atoms with van der Waals surface area (Å²) in [5, 5.41) is 2.69. The second kappa shape index (κ2) is 8.59. The van der Waals surface area contributed by atoms with E-state index in [2.05, 4.69) is 21.2 Å². The molecule has 0 spiro atoms. The Morgan fingerprint density at radius 3 is 2.38 bits per heavy atom. The Balaban J connectivity index is 1.78. The first-order chi connectivity index (χ1) is 11.5. The number of nitrogens with one attached hydrogen (secondary N) is 1. The van der Waals surface area contributed by atoms with Gasteiger partial charge in [0.05, 0.1) is 5.56 Å². The number of amides is 1. The average molecular weight is 394 g/mol. The van der Waals surface area contributed by atoms with E-state index in [0.717, 1.165) is 10.0 Å². The highest BCUT2D eigenvalue weighted by Crippen LogP contribution is 2.12. The molecule has 1 atom stereocenters. The van der Waals surface area contributed by atoms with Crippen molar-refractivity contribution < 1.29 is 18.7 Å². The molecule has 2 aromatic carbocycles. The number of carbonyl (C=O) groups excluding carboxylic acids is 2. The Morgan fingerprint density at radius 1 is 1.12 bits per heavy atom. The van der Waals surface area contributed by atoms with Gasteiger partial charge in [-0.1, -0.05) is 28.1 Å². The molecule has 0 heterocycles. The maximum atomic E-state index is 12.8. The molecule has 2 rings (SSSR count). The SMILES string of the molecule is C[C@@H](OC(=O)c1ccc(Br)cc1)C(=O)NCCc1ccc(F)cc1. The van der Waals surface area contributed by atoms with Gasteiger partial charge in [-0.05, 0) is 55.3 Å². The third-order valence-electron chi connectivity index (χ3n) is 3.36. The van der Waals surface area contributed by atoms with Crippen LogP contribution in [0.3, 0.4) is 0 Å². The highest BCUT2D eigenvalue weighted by molar-refractivity contribution is 9.10. The maximum Gasteiger partial charge on any atom is 0.338 e. The maximum absolute atomic E-state index is 12.8. The summed E-state index contributed by atoms with van der Waals surface area (Å²) in [6.07, 6.45) is -0.325. The standard InChI is InChI=1S/C18H17BrFNO3/c1-12(24-18(23)14-4-6-15(19)7-5-14)17(22)21-11-10-13-2-8-16(20)9-3-13/h2-9,12H,10-11H2,1H3,(H,21,22)/t12-/m1/s1. The number of esters is 1. The van der Waals surface area contributed by atoms with Crippen LogP contribution in [-0.4, -0.2) is 24.5 Å². The van der Waals surface area contributed by atoms with Gasteiger partial charge < -0.3 is 10.1 Å². The number of rotatable bonds is 6. The van der Waals surface area contributed by atoms with Gasteiger partial charge in [-0.2, -0.15) is 0 Å². The van der Waals surface area contributed by atoms with Gasteiger partial charge in [-0.25, -0.2) is 9.18 Å². The minimum absolute atomic E-state index is 0.295. The molecule has 2 aromatic rings. The third kappa shape index (κ3) is 5.45. The van der Waals surface area contributed by atoms with Crippen molar-refractivity contribution in [3.63, 3.8) is 0 Å². The van der Waals surface area contributed by atoms with Crippen LogP contribution in [0.5, 0.6) is 0 Å². The summed E-state index contributed by atoms with van der Waals surface area (Å²) < 4.78 is 18.8. The predicted octanol–water partition coefficient (Wildman–Crippen LogP) is 3.49. The molecule has 1 amide bonds. The monoisotopic (exact) mass is 393 g/mol. The van der Waals surface area contributed by atoms with Crippen molar-refractivity contribution in [3.8, 4) is 0 Å². The van der Waals surface area contributed by atoms with E-state index in [1.54, 1.807) is 36.4 Å². The summed E-state index contributed by atoms with van der Waals surface area (Å²) in [5.74, 6) is -1.22. The van der Waals surface area contributed by atoms with Gasteiger partial charge >= 0.3 is 5.97 Å². The number of carbonyl (C=O) groups is 2. The first-order valence-electron chi connectivity index (χ1n) is 7.44. The molecule has 0 saturated heterocycles. The number of benzene rings is 2.